The molecule has 1 saturated heterocycles. The Morgan fingerprint density at radius 3 is 2.33 bits per heavy atom. The van der Waals surface area contributed by atoms with Crippen LogP contribution in [0.5, 0.6) is 0 Å². The van der Waals surface area contributed by atoms with Crippen molar-refractivity contribution >= 4 is 15.8 Å². The Labute approximate surface area is 129 Å². The summed E-state index contributed by atoms with van der Waals surface area (Å²) in [7, 11) is -1.24. The first-order chi connectivity index (χ1) is 9.74. The van der Waals surface area contributed by atoms with E-state index in [0.717, 1.165) is 19.6 Å². The molecule has 0 bridgehead atoms. The fourth-order valence-electron chi connectivity index (χ4n) is 2.49. The normalized spacial score (nSPS) is 18.6. The highest BCUT2D eigenvalue weighted by Crippen LogP contribution is 2.19. The molecule has 0 aromatic rings. The quantitative estimate of drug-likeness (QED) is 0.550. The van der Waals surface area contributed by atoms with Crippen molar-refractivity contribution < 1.29 is 8.42 Å². The summed E-state index contributed by atoms with van der Waals surface area (Å²) in [4.78, 5) is 6.64. The van der Waals surface area contributed by atoms with E-state index in [1.165, 1.54) is 25.5 Å². The molecule has 0 aromatic heterocycles. The van der Waals surface area contributed by atoms with Gasteiger partial charge in [-0.15, -0.1) is 0 Å². The molecule has 1 aliphatic heterocycles. The van der Waals surface area contributed by atoms with Crippen LogP contribution < -0.4 is 10.6 Å². The van der Waals surface area contributed by atoms with Crippen LogP contribution in [0.2, 0.25) is 0 Å². The summed E-state index contributed by atoms with van der Waals surface area (Å²) >= 11 is 0. The Hall–Kier alpha value is -0.820. The van der Waals surface area contributed by atoms with Crippen molar-refractivity contribution in [1.29, 1.82) is 0 Å². The number of hydrogen-bond acceptors (Lipinski definition) is 4. The van der Waals surface area contributed by atoms with Crippen molar-refractivity contribution in [3.8, 4) is 0 Å². The Balaban J connectivity index is 2.39. The fourth-order valence-corrected chi connectivity index (χ4v) is 2.96. The first-order valence-electron chi connectivity index (χ1n) is 7.62. The average molecular weight is 318 g/mol. The molecule has 0 unspecified atom stereocenters. The minimum Gasteiger partial charge on any atom is -0.355 e. The molecule has 0 aliphatic carbocycles. The maximum atomic E-state index is 11.1. The minimum absolute atomic E-state index is 0.0644. The number of guanidine groups is 1. The van der Waals surface area contributed by atoms with Gasteiger partial charge in [-0.25, -0.2) is 8.42 Å². The van der Waals surface area contributed by atoms with Gasteiger partial charge in [0.25, 0.3) is 0 Å². The lowest BCUT2D eigenvalue weighted by Crippen LogP contribution is -2.55. The van der Waals surface area contributed by atoms with Crippen LogP contribution in [0.4, 0.5) is 0 Å². The van der Waals surface area contributed by atoms with Gasteiger partial charge in [0.1, 0.15) is 9.84 Å². The molecular formula is C14H30N4O2S. The molecule has 124 valence electrons. The lowest BCUT2D eigenvalue weighted by atomic mass is 9.98. The van der Waals surface area contributed by atoms with E-state index in [0.29, 0.717) is 12.5 Å². The van der Waals surface area contributed by atoms with Crippen LogP contribution >= 0.6 is 0 Å². The Morgan fingerprint density at radius 1 is 1.19 bits per heavy atom. The average Bonchev–Trinajstić information content (AvgIpc) is 2.42. The maximum absolute atomic E-state index is 11.1. The number of nitrogens with zero attached hydrogens (tertiary/aromatic N) is 2. The summed E-state index contributed by atoms with van der Waals surface area (Å²) in [5.74, 6) is 0.771. The summed E-state index contributed by atoms with van der Waals surface area (Å²) in [6.45, 7) is 7.92. The molecule has 0 atom stereocenters. The van der Waals surface area contributed by atoms with Crippen LogP contribution in [0.3, 0.4) is 0 Å². The first kappa shape index (κ1) is 18.2. The number of sulfone groups is 1. The van der Waals surface area contributed by atoms with E-state index in [1.807, 2.05) is 0 Å². The van der Waals surface area contributed by atoms with E-state index in [1.54, 1.807) is 7.05 Å². The molecule has 1 fully saturated rings. The van der Waals surface area contributed by atoms with E-state index in [9.17, 15) is 8.42 Å². The highest BCUT2D eigenvalue weighted by atomic mass is 32.2. The van der Waals surface area contributed by atoms with Crippen molar-refractivity contribution in [3.05, 3.63) is 0 Å². The third-order valence-corrected chi connectivity index (χ3v) is 4.84. The summed E-state index contributed by atoms with van der Waals surface area (Å²) < 4.78 is 22.2. The predicted molar refractivity (Wildman–Crippen MR) is 88.6 cm³/mol. The SMILES string of the molecule is CN=C(NCCS(C)(=O)=O)NCC(C)(C)N1CCCCC1. The summed E-state index contributed by atoms with van der Waals surface area (Å²) in [6.07, 6.45) is 5.11. The smallest absolute Gasteiger partial charge is 0.191 e. The topological polar surface area (TPSA) is 73.8 Å². The maximum Gasteiger partial charge on any atom is 0.191 e. The Morgan fingerprint density at radius 2 is 1.81 bits per heavy atom. The molecular weight excluding hydrogens is 288 g/mol. The monoisotopic (exact) mass is 318 g/mol. The first-order valence-corrected chi connectivity index (χ1v) is 9.68. The summed E-state index contributed by atoms with van der Waals surface area (Å²) in [5, 5.41) is 6.34. The van der Waals surface area contributed by atoms with Gasteiger partial charge in [-0.05, 0) is 39.8 Å². The Kier molecular flexibility index (Phi) is 6.93. The van der Waals surface area contributed by atoms with Crippen molar-refractivity contribution in [2.24, 2.45) is 4.99 Å². The zero-order valence-corrected chi connectivity index (χ0v) is 14.6. The molecule has 6 nitrogen and oxygen atoms in total. The Bertz CT molecular complexity index is 440. The van der Waals surface area contributed by atoms with Crippen LogP contribution in [0.15, 0.2) is 4.99 Å². The van der Waals surface area contributed by atoms with E-state index in [4.69, 9.17) is 0 Å². The van der Waals surface area contributed by atoms with Crippen LogP contribution in [0.1, 0.15) is 33.1 Å². The van der Waals surface area contributed by atoms with E-state index >= 15 is 0 Å². The second-order valence-corrected chi connectivity index (χ2v) is 8.60. The zero-order chi connectivity index (χ0) is 15.9. The number of hydrogen-bond donors (Lipinski definition) is 2. The molecule has 1 aliphatic rings. The molecule has 7 heteroatoms. The van der Waals surface area contributed by atoms with Gasteiger partial charge in [0.05, 0.1) is 5.75 Å². The standard InChI is InChI=1S/C14H30N4O2S/c1-14(2,18-9-6-5-7-10-18)12-17-13(15-3)16-8-11-21(4,19)20/h5-12H2,1-4H3,(H2,15,16,17). The molecule has 0 saturated carbocycles. The largest absolute Gasteiger partial charge is 0.355 e. The van der Waals surface area contributed by atoms with E-state index < -0.39 is 9.84 Å². The number of aliphatic imine (C=N–C) groups is 1. The lowest BCUT2D eigenvalue weighted by molar-refractivity contribution is 0.0982. The van der Waals surface area contributed by atoms with Gasteiger partial charge in [0.15, 0.2) is 5.96 Å². The molecule has 1 heterocycles. The molecule has 2 N–H and O–H groups in total. The third-order valence-electron chi connectivity index (χ3n) is 3.89. The van der Waals surface area contributed by atoms with E-state index in [-0.39, 0.29) is 11.3 Å². The lowest BCUT2D eigenvalue weighted by Gasteiger charge is -2.41. The number of rotatable bonds is 6. The van der Waals surface area contributed by atoms with Crippen LogP contribution in [-0.2, 0) is 9.84 Å². The second-order valence-electron chi connectivity index (χ2n) is 6.34. The molecule has 0 radical (unpaired) electrons. The second kappa shape index (κ2) is 7.98. The van der Waals surface area contributed by atoms with Gasteiger partial charge < -0.3 is 10.6 Å². The number of piperidine rings is 1. The van der Waals surface area contributed by atoms with Crippen molar-refractivity contribution in [3.63, 3.8) is 0 Å². The van der Waals surface area contributed by atoms with Crippen LogP contribution in [0, 0.1) is 0 Å². The highest BCUT2D eigenvalue weighted by Gasteiger charge is 2.27. The summed E-state index contributed by atoms with van der Waals surface area (Å²) in [5.41, 5.74) is 0.0644. The van der Waals surface area contributed by atoms with Crippen molar-refractivity contribution in [1.82, 2.24) is 15.5 Å². The number of likely N-dealkylation sites (tertiary alicyclic amines) is 1. The van der Waals surface area contributed by atoms with Gasteiger partial charge in [0, 0.05) is 31.9 Å². The molecule has 0 aromatic carbocycles. The van der Waals surface area contributed by atoms with Gasteiger partial charge >= 0.3 is 0 Å². The highest BCUT2D eigenvalue weighted by molar-refractivity contribution is 7.90. The third kappa shape index (κ3) is 7.13. The predicted octanol–water partition coefficient (Wildman–Crippen LogP) is 0.461. The van der Waals surface area contributed by atoms with Gasteiger partial charge in [-0.1, -0.05) is 6.42 Å². The fraction of sp³-hybridized carbons (Fsp3) is 0.929. The summed E-state index contributed by atoms with van der Waals surface area (Å²) in [6, 6.07) is 0. The van der Waals surface area contributed by atoms with Crippen LogP contribution in [-0.4, -0.2) is 70.1 Å². The number of nitrogens with one attached hydrogen (secondary N) is 2. The van der Waals surface area contributed by atoms with E-state index in [2.05, 4.69) is 34.4 Å². The molecule has 21 heavy (non-hydrogen) atoms. The molecule has 1 rings (SSSR count). The molecule has 0 spiro atoms. The van der Waals surface area contributed by atoms with Crippen molar-refractivity contribution in [2.75, 3.05) is 45.2 Å². The molecule has 0 amide bonds. The van der Waals surface area contributed by atoms with Gasteiger partial charge in [-0.2, -0.15) is 0 Å². The zero-order valence-electron chi connectivity index (χ0n) is 13.8. The van der Waals surface area contributed by atoms with Gasteiger partial charge in [0.2, 0.25) is 0 Å². The minimum atomic E-state index is -2.94. The van der Waals surface area contributed by atoms with Gasteiger partial charge in [-0.3, -0.25) is 9.89 Å². The van der Waals surface area contributed by atoms with Crippen molar-refractivity contribution in [2.45, 2.75) is 38.6 Å². The van der Waals surface area contributed by atoms with Crippen LogP contribution in [0.25, 0.3) is 0 Å².